The molecule has 0 bridgehead atoms. The Morgan fingerprint density at radius 2 is 2.39 bits per heavy atom. The highest BCUT2D eigenvalue weighted by atomic mass is 79.9. The van der Waals surface area contributed by atoms with Crippen LogP contribution in [0.2, 0.25) is 0 Å². The van der Waals surface area contributed by atoms with E-state index in [1.54, 1.807) is 6.07 Å². The number of morpholine rings is 1. The van der Waals surface area contributed by atoms with Gasteiger partial charge in [-0.05, 0) is 28.9 Å². The standard InChI is InChI=1S/C10H15BrN2O3S2/c1-7-6-16-3-2-13(7)18(14,15)9-4-8(5-12)17-10(9)11/h4,7H,2-3,5-6,12H2,1H3. The third-order valence-corrected chi connectivity index (χ3v) is 7.09. The van der Waals surface area contributed by atoms with Crippen LogP contribution in [-0.4, -0.2) is 38.5 Å². The summed E-state index contributed by atoms with van der Waals surface area (Å²) in [4.78, 5) is 1.16. The number of hydrogen-bond donors (Lipinski definition) is 1. The summed E-state index contributed by atoms with van der Waals surface area (Å²) in [5.74, 6) is 0. The Morgan fingerprint density at radius 3 is 2.94 bits per heavy atom. The Labute approximate surface area is 119 Å². The molecule has 18 heavy (non-hydrogen) atoms. The van der Waals surface area contributed by atoms with Crippen LogP contribution in [0.3, 0.4) is 0 Å². The average Bonchev–Trinajstić information content (AvgIpc) is 2.71. The molecule has 1 aliphatic heterocycles. The lowest BCUT2D eigenvalue weighted by molar-refractivity contribution is 0.0392. The second-order valence-corrected chi connectivity index (χ2v) is 8.41. The number of thiophene rings is 1. The first-order valence-corrected chi connectivity index (χ1v) is 8.59. The molecule has 2 heterocycles. The van der Waals surface area contributed by atoms with Gasteiger partial charge in [-0.15, -0.1) is 11.3 Å². The number of nitrogens with zero attached hydrogens (tertiary/aromatic N) is 1. The van der Waals surface area contributed by atoms with Gasteiger partial charge < -0.3 is 10.5 Å². The van der Waals surface area contributed by atoms with Gasteiger partial charge in [-0.2, -0.15) is 4.31 Å². The van der Waals surface area contributed by atoms with Crippen LogP contribution < -0.4 is 5.73 Å². The lowest BCUT2D eigenvalue weighted by Gasteiger charge is -2.32. The molecule has 0 radical (unpaired) electrons. The van der Waals surface area contributed by atoms with Crippen LogP contribution in [0.15, 0.2) is 14.7 Å². The highest BCUT2D eigenvalue weighted by molar-refractivity contribution is 9.11. The Bertz CT molecular complexity index is 529. The Hall–Kier alpha value is 0.01000. The average molecular weight is 355 g/mol. The van der Waals surface area contributed by atoms with Crippen LogP contribution in [0.5, 0.6) is 0 Å². The van der Waals surface area contributed by atoms with Crippen molar-refractivity contribution in [2.24, 2.45) is 5.73 Å². The van der Waals surface area contributed by atoms with E-state index in [9.17, 15) is 8.42 Å². The molecule has 0 aromatic carbocycles. The molecule has 2 rings (SSSR count). The van der Waals surface area contributed by atoms with E-state index < -0.39 is 10.0 Å². The van der Waals surface area contributed by atoms with Crippen molar-refractivity contribution in [1.82, 2.24) is 4.31 Å². The van der Waals surface area contributed by atoms with Crippen LogP contribution in [0.25, 0.3) is 0 Å². The number of ether oxygens (including phenoxy) is 1. The molecular weight excluding hydrogens is 340 g/mol. The van der Waals surface area contributed by atoms with Crippen LogP contribution >= 0.6 is 27.3 Å². The Morgan fingerprint density at radius 1 is 1.67 bits per heavy atom. The van der Waals surface area contributed by atoms with Gasteiger partial charge in [0.15, 0.2) is 0 Å². The third-order valence-electron chi connectivity index (χ3n) is 2.80. The number of nitrogens with two attached hydrogens (primary N) is 1. The molecule has 8 heteroatoms. The molecule has 2 N–H and O–H groups in total. The van der Waals surface area contributed by atoms with Crippen LogP contribution in [0, 0.1) is 0 Å². The van der Waals surface area contributed by atoms with Gasteiger partial charge in [-0.3, -0.25) is 0 Å². The summed E-state index contributed by atoms with van der Waals surface area (Å²) in [6, 6.07) is 1.50. The van der Waals surface area contributed by atoms with Crippen LogP contribution in [-0.2, 0) is 21.3 Å². The molecule has 1 atom stereocenters. The van der Waals surface area contributed by atoms with Gasteiger partial charge in [0.25, 0.3) is 0 Å². The fourth-order valence-electron chi connectivity index (χ4n) is 1.87. The number of rotatable bonds is 3. The molecule has 102 valence electrons. The first-order valence-electron chi connectivity index (χ1n) is 5.54. The molecule has 1 saturated heterocycles. The summed E-state index contributed by atoms with van der Waals surface area (Å²) in [5, 5.41) is 0. The summed E-state index contributed by atoms with van der Waals surface area (Å²) in [5.41, 5.74) is 5.54. The number of halogens is 1. The monoisotopic (exact) mass is 354 g/mol. The van der Waals surface area contributed by atoms with E-state index in [-0.39, 0.29) is 6.04 Å². The molecule has 0 saturated carbocycles. The van der Waals surface area contributed by atoms with Crippen molar-refractivity contribution in [3.63, 3.8) is 0 Å². The zero-order chi connectivity index (χ0) is 13.3. The van der Waals surface area contributed by atoms with E-state index >= 15 is 0 Å². The first kappa shape index (κ1) is 14.4. The maximum absolute atomic E-state index is 12.6. The summed E-state index contributed by atoms with van der Waals surface area (Å²) >= 11 is 4.67. The van der Waals surface area contributed by atoms with Crippen molar-refractivity contribution in [3.8, 4) is 0 Å². The van der Waals surface area contributed by atoms with Crippen LogP contribution in [0.1, 0.15) is 11.8 Å². The molecule has 1 aromatic heterocycles. The second kappa shape index (κ2) is 5.56. The van der Waals surface area contributed by atoms with Gasteiger partial charge in [-0.1, -0.05) is 0 Å². The van der Waals surface area contributed by atoms with Crippen molar-refractivity contribution >= 4 is 37.3 Å². The second-order valence-electron chi connectivity index (χ2n) is 4.09. The normalized spacial score (nSPS) is 22.3. The smallest absolute Gasteiger partial charge is 0.245 e. The zero-order valence-corrected chi connectivity index (χ0v) is 13.1. The van der Waals surface area contributed by atoms with Crippen LogP contribution in [0.4, 0.5) is 0 Å². The largest absolute Gasteiger partial charge is 0.378 e. The van der Waals surface area contributed by atoms with Gasteiger partial charge in [0.1, 0.15) is 4.90 Å². The maximum atomic E-state index is 12.6. The van der Waals surface area contributed by atoms with E-state index in [0.29, 0.717) is 35.0 Å². The quantitative estimate of drug-likeness (QED) is 0.889. The van der Waals surface area contributed by atoms with E-state index in [4.69, 9.17) is 10.5 Å². The maximum Gasteiger partial charge on any atom is 0.245 e. The topological polar surface area (TPSA) is 72.6 Å². The minimum atomic E-state index is -3.47. The van der Waals surface area contributed by atoms with E-state index in [1.165, 1.54) is 15.6 Å². The van der Waals surface area contributed by atoms with E-state index in [0.717, 1.165) is 4.88 Å². The summed E-state index contributed by atoms with van der Waals surface area (Å²) < 4.78 is 32.5. The predicted octanol–water partition coefficient (Wildman–Crippen LogP) is 1.38. The number of hydrogen-bond acceptors (Lipinski definition) is 5. The molecule has 5 nitrogen and oxygen atoms in total. The van der Waals surface area contributed by atoms with E-state index in [2.05, 4.69) is 15.9 Å². The van der Waals surface area contributed by atoms with Crippen molar-refractivity contribution in [1.29, 1.82) is 0 Å². The first-order chi connectivity index (χ1) is 8.46. The third kappa shape index (κ3) is 2.63. The molecular formula is C10H15BrN2O3S2. The zero-order valence-electron chi connectivity index (χ0n) is 9.93. The molecule has 0 aliphatic carbocycles. The Kier molecular flexibility index (Phi) is 4.45. The van der Waals surface area contributed by atoms with Crippen molar-refractivity contribution < 1.29 is 13.2 Å². The highest BCUT2D eigenvalue weighted by Crippen LogP contribution is 2.34. The van der Waals surface area contributed by atoms with Crippen molar-refractivity contribution in [2.75, 3.05) is 19.8 Å². The molecule has 0 amide bonds. The lowest BCUT2D eigenvalue weighted by atomic mass is 10.3. The molecule has 0 spiro atoms. The summed E-state index contributed by atoms with van der Waals surface area (Å²) in [6.07, 6.45) is 0. The van der Waals surface area contributed by atoms with Gasteiger partial charge >= 0.3 is 0 Å². The van der Waals surface area contributed by atoms with Crippen molar-refractivity contribution in [3.05, 3.63) is 14.7 Å². The lowest BCUT2D eigenvalue weighted by Crippen LogP contribution is -2.46. The molecule has 1 aliphatic rings. The van der Waals surface area contributed by atoms with Gasteiger partial charge in [-0.25, -0.2) is 8.42 Å². The van der Waals surface area contributed by atoms with Gasteiger partial charge in [0.2, 0.25) is 10.0 Å². The minimum Gasteiger partial charge on any atom is -0.378 e. The molecule has 1 unspecified atom stereocenters. The van der Waals surface area contributed by atoms with Gasteiger partial charge in [0, 0.05) is 24.0 Å². The van der Waals surface area contributed by atoms with Gasteiger partial charge in [0.05, 0.1) is 17.0 Å². The highest BCUT2D eigenvalue weighted by Gasteiger charge is 2.33. The predicted molar refractivity (Wildman–Crippen MR) is 74.1 cm³/mol. The summed E-state index contributed by atoms with van der Waals surface area (Å²) in [6.45, 7) is 3.46. The SMILES string of the molecule is CC1COCCN1S(=O)(=O)c1cc(CN)sc1Br. The van der Waals surface area contributed by atoms with Crippen molar-refractivity contribution in [2.45, 2.75) is 24.4 Å². The molecule has 1 fully saturated rings. The number of sulfonamides is 1. The summed E-state index contributed by atoms with van der Waals surface area (Å²) in [7, 11) is -3.47. The minimum absolute atomic E-state index is 0.142. The van der Waals surface area contributed by atoms with E-state index in [1.807, 2.05) is 6.92 Å². The Balaban J connectivity index is 2.37. The fraction of sp³-hybridized carbons (Fsp3) is 0.600. The molecule has 1 aromatic rings. The fourth-order valence-corrected chi connectivity index (χ4v) is 5.98.